The van der Waals surface area contributed by atoms with Gasteiger partial charge in [0.25, 0.3) is 0 Å². The first-order valence-corrected chi connectivity index (χ1v) is 9.56. The summed E-state index contributed by atoms with van der Waals surface area (Å²) in [5.74, 6) is -0.426. The van der Waals surface area contributed by atoms with Crippen molar-refractivity contribution in [1.29, 1.82) is 0 Å². The molecular weight excluding hydrogens is 374 g/mol. The van der Waals surface area contributed by atoms with Crippen molar-refractivity contribution in [3.8, 4) is 0 Å². The molecule has 1 amide bonds. The van der Waals surface area contributed by atoms with Crippen LogP contribution in [0.2, 0.25) is 0 Å². The van der Waals surface area contributed by atoms with Crippen LogP contribution in [0.1, 0.15) is 30.2 Å². The van der Waals surface area contributed by atoms with Crippen LogP contribution in [-0.4, -0.2) is 23.3 Å². The maximum absolute atomic E-state index is 12.5. The van der Waals surface area contributed by atoms with Gasteiger partial charge in [0.15, 0.2) is 0 Å². The second kappa shape index (κ2) is 7.95. The molecule has 1 atom stereocenters. The van der Waals surface area contributed by atoms with Gasteiger partial charge >= 0.3 is 11.6 Å². The second-order valence-corrected chi connectivity index (χ2v) is 7.14. The van der Waals surface area contributed by atoms with Gasteiger partial charge < -0.3 is 18.5 Å². The Balaban J connectivity index is 1.43. The van der Waals surface area contributed by atoms with Gasteiger partial charge in [-0.2, -0.15) is 0 Å². The molecule has 0 N–H and O–H groups in total. The SMILES string of the molecule is CCc1ccc2c(COC(=O)[C@H]3CC(=O)N(Cc4ccco4)C3)cc(=O)oc2c1. The molecule has 0 saturated carbocycles. The quantitative estimate of drug-likeness (QED) is 0.471. The van der Waals surface area contributed by atoms with Crippen LogP contribution in [0, 0.1) is 5.92 Å². The Bertz CT molecular complexity index is 1100. The molecule has 1 fully saturated rings. The number of aryl methyl sites for hydroxylation is 1. The molecule has 7 heteroatoms. The average molecular weight is 395 g/mol. The summed E-state index contributed by atoms with van der Waals surface area (Å²) in [7, 11) is 0. The maximum Gasteiger partial charge on any atom is 0.336 e. The molecule has 0 unspecified atom stereocenters. The number of carbonyl (C=O) groups is 2. The summed E-state index contributed by atoms with van der Waals surface area (Å²) < 4.78 is 16.0. The molecule has 1 saturated heterocycles. The summed E-state index contributed by atoms with van der Waals surface area (Å²) >= 11 is 0. The lowest BCUT2D eigenvalue weighted by Crippen LogP contribution is -2.26. The van der Waals surface area contributed by atoms with Gasteiger partial charge in [0, 0.05) is 30.0 Å². The fourth-order valence-electron chi connectivity index (χ4n) is 3.55. The Hall–Kier alpha value is -3.35. The summed E-state index contributed by atoms with van der Waals surface area (Å²) in [5, 5.41) is 0.733. The largest absolute Gasteiger partial charge is 0.467 e. The van der Waals surface area contributed by atoms with E-state index in [0.29, 0.717) is 23.5 Å². The van der Waals surface area contributed by atoms with Crippen molar-refractivity contribution in [3.63, 3.8) is 0 Å². The highest BCUT2D eigenvalue weighted by Gasteiger charge is 2.35. The first kappa shape index (κ1) is 19.0. The van der Waals surface area contributed by atoms with Crippen LogP contribution < -0.4 is 5.63 Å². The van der Waals surface area contributed by atoms with Gasteiger partial charge in [-0.25, -0.2) is 4.79 Å². The minimum Gasteiger partial charge on any atom is -0.467 e. The van der Waals surface area contributed by atoms with Crippen molar-refractivity contribution in [2.75, 3.05) is 6.54 Å². The summed E-state index contributed by atoms with van der Waals surface area (Å²) in [6, 6.07) is 10.5. The molecule has 0 radical (unpaired) electrons. The van der Waals surface area contributed by atoms with E-state index in [0.717, 1.165) is 17.4 Å². The van der Waals surface area contributed by atoms with Crippen molar-refractivity contribution in [2.24, 2.45) is 5.92 Å². The van der Waals surface area contributed by atoms with Gasteiger partial charge in [0.05, 0.1) is 18.7 Å². The van der Waals surface area contributed by atoms with Crippen molar-refractivity contribution in [2.45, 2.75) is 32.9 Å². The average Bonchev–Trinajstić information content (AvgIpc) is 3.35. The van der Waals surface area contributed by atoms with Gasteiger partial charge in [0.2, 0.25) is 5.91 Å². The number of likely N-dealkylation sites (tertiary alicyclic amines) is 1. The number of nitrogens with zero attached hydrogens (tertiary/aromatic N) is 1. The topological polar surface area (TPSA) is 90.0 Å². The van der Waals surface area contributed by atoms with Gasteiger partial charge in [-0.3, -0.25) is 9.59 Å². The van der Waals surface area contributed by atoms with E-state index >= 15 is 0 Å². The lowest BCUT2D eigenvalue weighted by Gasteiger charge is -2.15. The van der Waals surface area contributed by atoms with E-state index < -0.39 is 17.5 Å². The second-order valence-electron chi connectivity index (χ2n) is 7.14. The number of fused-ring (bicyclic) bond motifs is 1. The third-order valence-electron chi connectivity index (χ3n) is 5.15. The van der Waals surface area contributed by atoms with Crippen LogP contribution in [0.4, 0.5) is 0 Å². The molecule has 150 valence electrons. The lowest BCUT2D eigenvalue weighted by atomic mass is 10.1. The minimum absolute atomic E-state index is 0.0463. The fraction of sp³-hybridized carbons (Fsp3) is 0.318. The zero-order chi connectivity index (χ0) is 20.4. The third kappa shape index (κ3) is 4.08. The Kier molecular flexibility index (Phi) is 5.20. The molecule has 0 spiro atoms. The van der Waals surface area contributed by atoms with Crippen molar-refractivity contribution >= 4 is 22.8 Å². The first-order valence-electron chi connectivity index (χ1n) is 9.56. The summed E-state index contributed by atoms with van der Waals surface area (Å²) in [4.78, 5) is 38.2. The van der Waals surface area contributed by atoms with E-state index in [1.54, 1.807) is 23.3 Å². The van der Waals surface area contributed by atoms with Gasteiger partial charge in [0.1, 0.15) is 18.0 Å². The molecular formula is C22H21NO6. The monoisotopic (exact) mass is 395 g/mol. The molecule has 1 aromatic carbocycles. The molecule has 1 aliphatic heterocycles. The summed E-state index contributed by atoms with van der Waals surface area (Å²) in [5.41, 5.74) is 1.63. The number of hydrogen-bond acceptors (Lipinski definition) is 6. The minimum atomic E-state index is -0.532. The molecule has 29 heavy (non-hydrogen) atoms. The van der Waals surface area contributed by atoms with Crippen LogP contribution in [0.3, 0.4) is 0 Å². The van der Waals surface area contributed by atoms with Crippen molar-refractivity contribution in [1.82, 2.24) is 4.90 Å². The number of rotatable bonds is 6. The van der Waals surface area contributed by atoms with Crippen LogP contribution in [0.5, 0.6) is 0 Å². The number of esters is 1. The van der Waals surface area contributed by atoms with Crippen molar-refractivity contribution in [3.05, 3.63) is 70.0 Å². The lowest BCUT2D eigenvalue weighted by molar-refractivity contribution is -0.149. The number of amides is 1. The normalized spacial score (nSPS) is 16.5. The van der Waals surface area contributed by atoms with Crippen LogP contribution in [0.25, 0.3) is 11.0 Å². The number of ether oxygens (including phenoxy) is 1. The number of furan rings is 1. The maximum atomic E-state index is 12.5. The smallest absolute Gasteiger partial charge is 0.336 e. The van der Waals surface area contributed by atoms with E-state index in [1.165, 1.54) is 6.07 Å². The number of benzene rings is 1. The first-order chi connectivity index (χ1) is 14.0. The molecule has 3 aromatic rings. The molecule has 0 aliphatic carbocycles. The van der Waals surface area contributed by atoms with E-state index in [1.807, 2.05) is 25.1 Å². The van der Waals surface area contributed by atoms with E-state index in [2.05, 4.69) is 0 Å². The van der Waals surface area contributed by atoms with Gasteiger partial charge in [-0.05, 0) is 30.2 Å². The van der Waals surface area contributed by atoms with Crippen molar-refractivity contribution < 1.29 is 23.2 Å². The molecule has 4 rings (SSSR count). The Morgan fingerprint density at radius 2 is 2.10 bits per heavy atom. The zero-order valence-electron chi connectivity index (χ0n) is 16.1. The Morgan fingerprint density at radius 1 is 1.24 bits per heavy atom. The van der Waals surface area contributed by atoms with E-state index in [4.69, 9.17) is 13.6 Å². The highest BCUT2D eigenvalue weighted by Crippen LogP contribution is 2.24. The zero-order valence-corrected chi connectivity index (χ0v) is 16.1. The number of hydrogen-bond donors (Lipinski definition) is 0. The Morgan fingerprint density at radius 3 is 2.86 bits per heavy atom. The molecule has 7 nitrogen and oxygen atoms in total. The summed E-state index contributed by atoms with van der Waals surface area (Å²) in [6.07, 6.45) is 2.48. The highest BCUT2D eigenvalue weighted by atomic mass is 16.5. The van der Waals surface area contributed by atoms with E-state index in [9.17, 15) is 14.4 Å². The van der Waals surface area contributed by atoms with Gasteiger partial charge in [-0.1, -0.05) is 19.1 Å². The Labute approximate surface area is 166 Å². The molecule has 2 aromatic heterocycles. The summed E-state index contributed by atoms with van der Waals surface area (Å²) in [6.45, 7) is 2.59. The fourth-order valence-corrected chi connectivity index (χ4v) is 3.55. The van der Waals surface area contributed by atoms with Crippen LogP contribution in [-0.2, 0) is 33.9 Å². The van der Waals surface area contributed by atoms with Crippen LogP contribution in [0.15, 0.2) is 56.3 Å². The predicted molar refractivity (Wildman–Crippen MR) is 104 cm³/mol. The molecule has 0 bridgehead atoms. The van der Waals surface area contributed by atoms with E-state index in [-0.39, 0.29) is 25.5 Å². The number of carbonyl (C=O) groups excluding carboxylic acids is 2. The highest BCUT2D eigenvalue weighted by molar-refractivity contribution is 5.87. The third-order valence-corrected chi connectivity index (χ3v) is 5.15. The van der Waals surface area contributed by atoms with Crippen LogP contribution >= 0.6 is 0 Å². The molecule has 1 aliphatic rings. The predicted octanol–water partition coefficient (Wildman–Crippen LogP) is 3.04. The molecule has 3 heterocycles. The van der Waals surface area contributed by atoms with Gasteiger partial charge in [-0.15, -0.1) is 0 Å². The standard InChI is InChI=1S/C22H21NO6/c1-2-14-5-6-18-16(10-21(25)29-19(18)8-14)13-28-22(26)15-9-20(24)23(11-15)12-17-4-3-7-27-17/h3-8,10,15H,2,9,11-13H2,1H3/t15-/m0/s1.